The van der Waals surface area contributed by atoms with Gasteiger partial charge in [0.2, 0.25) is 5.88 Å². The van der Waals surface area contributed by atoms with E-state index in [0.717, 1.165) is 32.5 Å². The molecule has 0 spiro atoms. The molecule has 3 atom stereocenters. The molecule has 0 amide bonds. The SMILES string of the molecule is c1ccc(O[C@@H]2CC[C@H]3[C@H]2OCCN3Cc2nccs2)nc1. The summed E-state index contributed by atoms with van der Waals surface area (Å²) in [5, 5.41) is 3.21. The Bertz CT molecular complexity index is 593. The molecule has 0 unspecified atom stereocenters. The van der Waals surface area contributed by atoms with E-state index < -0.39 is 0 Å². The lowest BCUT2D eigenvalue weighted by Gasteiger charge is -2.38. The van der Waals surface area contributed by atoms with E-state index in [1.807, 2.05) is 29.8 Å². The van der Waals surface area contributed by atoms with Gasteiger partial charge in [-0.05, 0) is 18.9 Å². The first-order chi connectivity index (χ1) is 10.9. The van der Waals surface area contributed by atoms with E-state index >= 15 is 0 Å². The van der Waals surface area contributed by atoms with Gasteiger partial charge < -0.3 is 9.47 Å². The molecule has 2 fully saturated rings. The van der Waals surface area contributed by atoms with E-state index in [-0.39, 0.29) is 12.2 Å². The fourth-order valence-corrected chi connectivity index (χ4v) is 4.03. The highest BCUT2D eigenvalue weighted by molar-refractivity contribution is 7.09. The molecule has 22 heavy (non-hydrogen) atoms. The maximum absolute atomic E-state index is 6.05. The zero-order valence-electron chi connectivity index (χ0n) is 12.3. The molecular weight excluding hydrogens is 298 g/mol. The molecular formula is C16H19N3O2S. The summed E-state index contributed by atoms with van der Waals surface area (Å²) in [6, 6.07) is 6.18. The summed E-state index contributed by atoms with van der Waals surface area (Å²) in [5.74, 6) is 0.689. The van der Waals surface area contributed by atoms with E-state index in [2.05, 4.69) is 14.9 Å². The average molecular weight is 317 g/mol. The Hall–Kier alpha value is -1.50. The minimum absolute atomic E-state index is 0.0963. The number of rotatable bonds is 4. The Balaban J connectivity index is 1.44. The van der Waals surface area contributed by atoms with E-state index in [9.17, 15) is 0 Å². The number of hydrogen-bond acceptors (Lipinski definition) is 6. The fraction of sp³-hybridized carbons (Fsp3) is 0.500. The zero-order chi connectivity index (χ0) is 14.8. The van der Waals surface area contributed by atoms with Gasteiger partial charge in [0.25, 0.3) is 0 Å². The van der Waals surface area contributed by atoms with Crippen molar-refractivity contribution in [3.63, 3.8) is 0 Å². The molecule has 0 radical (unpaired) electrons. The van der Waals surface area contributed by atoms with Crippen molar-refractivity contribution in [3.8, 4) is 5.88 Å². The normalized spacial score (nSPS) is 28.5. The number of nitrogens with zero attached hydrogens (tertiary/aromatic N) is 3. The lowest BCUT2D eigenvalue weighted by molar-refractivity contribution is -0.0922. The highest BCUT2D eigenvalue weighted by atomic mass is 32.1. The van der Waals surface area contributed by atoms with Crippen LogP contribution in [0, 0.1) is 0 Å². The first-order valence-electron chi connectivity index (χ1n) is 7.72. The van der Waals surface area contributed by atoms with Crippen LogP contribution in [-0.4, -0.2) is 46.3 Å². The van der Waals surface area contributed by atoms with Crippen LogP contribution in [0.1, 0.15) is 17.8 Å². The van der Waals surface area contributed by atoms with Crippen LogP contribution in [-0.2, 0) is 11.3 Å². The van der Waals surface area contributed by atoms with Gasteiger partial charge in [0.05, 0.1) is 13.2 Å². The van der Waals surface area contributed by atoms with Crippen LogP contribution in [0.25, 0.3) is 0 Å². The maximum Gasteiger partial charge on any atom is 0.213 e. The summed E-state index contributed by atoms with van der Waals surface area (Å²) in [4.78, 5) is 11.2. The average Bonchev–Trinajstić information content (AvgIpc) is 3.19. The second-order valence-corrected chi connectivity index (χ2v) is 6.68. The van der Waals surface area contributed by atoms with Crippen molar-refractivity contribution >= 4 is 11.3 Å². The van der Waals surface area contributed by atoms with Crippen LogP contribution >= 0.6 is 11.3 Å². The molecule has 116 valence electrons. The second-order valence-electron chi connectivity index (χ2n) is 5.70. The van der Waals surface area contributed by atoms with Crippen molar-refractivity contribution in [2.24, 2.45) is 0 Å². The molecule has 1 saturated carbocycles. The molecule has 0 bridgehead atoms. The lowest BCUT2D eigenvalue weighted by Crippen LogP contribution is -2.51. The third kappa shape index (κ3) is 2.86. The molecule has 2 aromatic rings. The van der Waals surface area contributed by atoms with Crippen molar-refractivity contribution in [3.05, 3.63) is 41.0 Å². The summed E-state index contributed by atoms with van der Waals surface area (Å²) < 4.78 is 12.1. The molecule has 1 aliphatic heterocycles. The maximum atomic E-state index is 6.05. The molecule has 2 aromatic heterocycles. The highest BCUT2D eigenvalue weighted by Crippen LogP contribution is 2.33. The first-order valence-corrected chi connectivity index (χ1v) is 8.60. The van der Waals surface area contributed by atoms with Crippen LogP contribution in [0.4, 0.5) is 0 Å². The fourth-order valence-electron chi connectivity index (χ4n) is 3.39. The summed E-state index contributed by atoms with van der Waals surface area (Å²) in [6.07, 6.45) is 5.99. The molecule has 1 saturated heterocycles. The van der Waals surface area contributed by atoms with Crippen LogP contribution in [0.3, 0.4) is 0 Å². The van der Waals surface area contributed by atoms with Crippen molar-refractivity contribution in [1.29, 1.82) is 0 Å². The van der Waals surface area contributed by atoms with E-state index in [0.29, 0.717) is 11.9 Å². The minimum atomic E-state index is 0.0963. The molecule has 0 N–H and O–H groups in total. The highest BCUT2D eigenvalue weighted by Gasteiger charge is 2.44. The molecule has 1 aliphatic carbocycles. The molecule has 6 heteroatoms. The second kappa shape index (κ2) is 6.32. The van der Waals surface area contributed by atoms with Crippen LogP contribution in [0.5, 0.6) is 5.88 Å². The first kappa shape index (κ1) is 14.1. The van der Waals surface area contributed by atoms with Crippen molar-refractivity contribution in [2.75, 3.05) is 13.2 Å². The van der Waals surface area contributed by atoms with Gasteiger partial charge in [-0.3, -0.25) is 4.90 Å². The van der Waals surface area contributed by atoms with Crippen molar-refractivity contribution in [2.45, 2.75) is 37.6 Å². The van der Waals surface area contributed by atoms with E-state index in [1.165, 1.54) is 5.01 Å². The number of thiazole rings is 1. The largest absolute Gasteiger partial charge is 0.472 e. The van der Waals surface area contributed by atoms with Crippen LogP contribution in [0.2, 0.25) is 0 Å². The lowest BCUT2D eigenvalue weighted by atomic mass is 10.1. The van der Waals surface area contributed by atoms with E-state index in [1.54, 1.807) is 17.5 Å². The van der Waals surface area contributed by atoms with Crippen LogP contribution < -0.4 is 4.74 Å². The Morgan fingerprint density at radius 1 is 1.27 bits per heavy atom. The number of aromatic nitrogens is 2. The quantitative estimate of drug-likeness (QED) is 0.866. The minimum Gasteiger partial charge on any atom is -0.472 e. The van der Waals surface area contributed by atoms with Gasteiger partial charge in [-0.2, -0.15) is 0 Å². The van der Waals surface area contributed by atoms with Gasteiger partial charge in [-0.15, -0.1) is 11.3 Å². The molecule has 5 nitrogen and oxygen atoms in total. The summed E-state index contributed by atoms with van der Waals surface area (Å²) in [7, 11) is 0. The number of fused-ring (bicyclic) bond motifs is 1. The van der Waals surface area contributed by atoms with Gasteiger partial charge >= 0.3 is 0 Å². The number of pyridine rings is 1. The molecule has 0 aromatic carbocycles. The van der Waals surface area contributed by atoms with Gasteiger partial charge in [-0.1, -0.05) is 6.07 Å². The van der Waals surface area contributed by atoms with Crippen LogP contribution in [0.15, 0.2) is 36.0 Å². The third-order valence-corrected chi connectivity index (χ3v) is 5.15. The standard InChI is InChI=1S/C16H19N3O2S/c1-2-6-17-14(3-1)21-13-5-4-12-16(13)20-9-8-19(12)11-15-18-7-10-22-15/h1-3,6-7,10,12-13,16H,4-5,8-9,11H2/t12-,13+,16+/m0/s1. The molecule has 2 aliphatic rings. The monoisotopic (exact) mass is 317 g/mol. The van der Waals surface area contributed by atoms with E-state index in [4.69, 9.17) is 9.47 Å². The molecule has 3 heterocycles. The Kier molecular flexibility index (Phi) is 4.05. The van der Waals surface area contributed by atoms with Crippen molar-refractivity contribution in [1.82, 2.24) is 14.9 Å². The van der Waals surface area contributed by atoms with Gasteiger partial charge in [0.15, 0.2) is 0 Å². The van der Waals surface area contributed by atoms with Crippen molar-refractivity contribution < 1.29 is 9.47 Å². The Morgan fingerprint density at radius 2 is 2.27 bits per heavy atom. The molecule has 4 rings (SSSR count). The summed E-state index contributed by atoms with van der Waals surface area (Å²) in [6.45, 7) is 2.64. The summed E-state index contributed by atoms with van der Waals surface area (Å²) >= 11 is 1.72. The topological polar surface area (TPSA) is 47.5 Å². The summed E-state index contributed by atoms with van der Waals surface area (Å²) in [5.41, 5.74) is 0. The smallest absolute Gasteiger partial charge is 0.213 e. The van der Waals surface area contributed by atoms with Gasteiger partial charge in [0.1, 0.15) is 17.2 Å². The Morgan fingerprint density at radius 3 is 3.09 bits per heavy atom. The van der Waals surface area contributed by atoms with Gasteiger partial charge in [0, 0.05) is 36.4 Å². The predicted octanol–water partition coefficient (Wildman–Crippen LogP) is 2.35. The van der Waals surface area contributed by atoms with Gasteiger partial charge in [-0.25, -0.2) is 9.97 Å². The number of morpholine rings is 1. The predicted molar refractivity (Wildman–Crippen MR) is 83.9 cm³/mol. The number of ether oxygens (including phenoxy) is 2. The Labute approximate surface area is 133 Å². The number of hydrogen-bond donors (Lipinski definition) is 0. The zero-order valence-corrected chi connectivity index (χ0v) is 13.1. The third-order valence-electron chi connectivity index (χ3n) is 4.38.